The van der Waals surface area contributed by atoms with E-state index in [1.807, 2.05) is 17.1 Å². The number of carbonyl (C=O) groups excluding carboxylic acids is 1. The SMILES string of the molecule is C=CC[C@]1(C)C[C@H](C/C=C/I)OC1=O. The van der Waals surface area contributed by atoms with Crippen LogP contribution in [0.25, 0.3) is 0 Å². The minimum atomic E-state index is -0.342. The summed E-state index contributed by atoms with van der Waals surface area (Å²) >= 11 is 2.17. The summed E-state index contributed by atoms with van der Waals surface area (Å²) in [5.41, 5.74) is -0.342. The first kappa shape index (κ1) is 11.8. The van der Waals surface area contributed by atoms with Gasteiger partial charge in [-0.15, -0.1) is 6.58 Å². The molecule has 0 spiro atoms. The molecule has 0 aromatic rings. The van der Waals surface area contributed by atoms with Crippen LogP contribution in [0.2, 0.25) is 0 Å². The van der Waals surface area contributed by atoms with Crippen molar-refractivity contribution in [1.82, 2.24) is 0 Å². The standard InChI is InChI=1S/C11H15IO2/c1-3-6-11(2)8-9(5-4-7-12)14-10(11)13/h3-4,7,9H,1,5-6,8H2,2H3/b7-4+/t9-,11+/m0/s1. The lowest BCUT2D eigenvalue weighted by atomic mass is 9.83. The predicted octanol–water partition coefficient (Wildman–Crippen LogP) is 3.22. The van der Waals surface area contributed by atoms with Gasteiger partial charge in [0.2, 0.25) is 0 Å². The summed E-state index contributed by atoms with van der Waals surface area (Å²) in [6.07, 6.45) is 6.20. The van der Waals surface area contributed by atoms with Crippen LogP contribution in [0, 0.1) is 5.41 Å². The Morgan fingerprint density at radius 1 is 1.79 bits per heavy atom. The molecule has 1 saturated heterocycles. The molecule has 0 bridgehead atoms. The van der Waals surface area contributed by atoms with Gasteiger partial charge in [0, 0.05) is 12.8 Å². The van der Waals surface area contributed by atoms with Gasteiger partial charge in [-0.2, -0.15) is 0 Å². The molecule has 2 atom stereocenters. The van der Waals surface area contributed by atoms with Gasteiger partial charge in [0.1, 0.15) is 6.10 Å². The van der Waals surface area contributed by atoms with Gasteiger partial charge >= 0.3 is 5.97 Å². The smallest absolute Gasteiger partial charge is 0.312 e. The number of hydrogen-bond acceptors (Lipinski definition) is 2. The highest BCUT2D eigenvalue weighted by Gasteiger charge is 2.43. The first-order valence-electron chi connectivity index (χ1n) is 4.69. The summed E-state index contributed by atoms with van der Waals surface area (Å²) < 4.78 is 7.24. The van der Waals surface area contributed by atoms with Crippen molar-refractivity contribution in [3.63, 3.8) is 0 Å². The molecule has 0 saturated carbocycles. The molecule has 0 aliphatic carbocycles. The van der Waals surface area contributed by atoms with Gasteiger partial charge in [0.15, 0.2) is 0 Å². The van der Waals surface area contributed by atoms with Gasteiger partial charge in [-0.05, 0) is 17.4 Å². The van der Waals surface area contributed by atoms with Crippen molar-refractivity contribution < 1.29 is 9.53 Å². The third-order valence-electron chi connectivity index (χ3n) is 2.53. The van der Waals surface area contributed by atoms with E-state index in [4.69, 9.17) is 4.74 Å². The predicted molar refractivity (Wildman–Crippen MR) is 65.2 cm³/mol. The van der Waals surface area contributed by atoms with E-state index < -0.39 is 0 Å². The molecule has 0 unspecified atom stereocenters. The lowest BCUT2D eigenvalue weighted by Crippen LogP contribution is -2.21. The Labute approximate surface area is 98.5 Å². The number of rotatable bonds is 4. The van der Waals surface area contributed by atoms with E-state index in [2.05, 4.69) is 29.2 Å². The summed E-state index contributed by atoms with van der Waals surface area (Å²) in [6, 6.07) is 0. The minimum absolute atomic E-state index is 0.0541. The quantitative estimate of drug-likeness (QED) is 0.453. The molecule has 1 fully saturated rings. The van der Waals surface area contributed by atoms with E-state index in [0.717, 1.165) is 12.8 Å². The Kier molecular flexibility index (Phi) is 4.16. The summed E-state index contributed by atoms with van der Waals surface area (Å²) in [7, 11) is 0. The molecule has 1 aliphatic rings. The van der Waals surface area contributed by atoms with Crippen LogP contribution in [0.15, 0.2) is 22.8 Å². The molecule has 0 amide bonds. The van der Waals surface area contributed by atoms with Gasteiger partial charge < -0.3 is 4.74 Å². The molecule has 0 aromatic heterocycles. The topological polar surface area (TPSA) is 26.3 Å². The molecule has 2 nitrogen and oxygen atoms in total. The molecular weight excluding hydrogens is 291 g/mol. The van der Waals surface area contributed by atoms with Crippen LogP contribution in [0.1, 0.15) is 26.2 Å². The van der Waals surface area contributed by atoms with Gasteiger partial charge in [-0.3, -0.25) is 4.79 Å². The van der Waals surface area contributed by atoms with Crippen molar-refractivity contribution in [2.75, 3.05) is 0 Å². The number of carbonyl (C=O) groups is 1. The van der Waals surface area contributed by atoms with Crippen LogP contribution in [0.4, 0.5) is 0 Å². The summed E-state index contributed by atoms with van der Waals surface area (Å²) in [6.45, 7) is 5.62. The van der Waals surface area contributed by atoms with E-state index in [9.17, 15) is 4.79 Å². The second kappa shape index (κ2) is 4.96. The van der Waals surface area contributed by atoms with Crippen molar-refractivity contribution in [3.05, 3.63) is 22.8 Å². The zero-order chi connectivity index (χ0) is 10.6. The van der Waals surface area contributed by atoms with Gasteiger partial charge in [0.25, 0.3) is 0 Å². The second-order valence-electron chi connectivity index (χ2n) is 3.88. The van der Waals surface area contributed by atoms with E-state index >= 15 is 0 Å². The average Bonchev–Trinajstić information content (AvgIpc) is 2.40. The molecule has 0 radical (unpaired) electrons. The highest BCUT2D eigenvalue weighted by Crippen LogP contribution is 2.38. The number of allylic oxidation sites excluding steroid dienone is 1. The van der Waals surface area contributed by atoms with E-state index in [1.54, 1.807) is 6.08 Å². The molecule has 1 aliphatic heterocycles. The van der Waals surface area contributed by atoms with Crippen molar-refractivity contribution >= 4 is 28.6 Å². The Morgan fingerprint density at radius 2 is 2.50 bits per heavy atom. The maximum atomic E-state index is 11.6. The Balaban J connectivity index is 2.58. The van der Waals surface area contributed by atoms with Crippen LogP contribution in [0.5, 0.6) is 0 Å². The molecular formula is C11H15IO2. The van der Waals surface area contributed by atoms with Crippen molar-refractivity contribution in [1.29, 1.82) is 0 Å². The lowest BCUT2D eigenvalue weighted by Gasteiger charge is -2.15. The first-order chi connectivity index (χ1) is 6.62. The number of esters is 1. The summed E-state index contributed by atoms with van der Waals surface area (Å²) in [4.78, 5) is 11.6. The molecule has 0 N–H and O–H groups in total. The lowest BCUT2D eigenvalue weighted by molar-refractivity contribution is -0.147. The molecule has 1 heterocycles. The molecule has 0 aromatic carbocycles. The van der Waals surface area contributed by atoms with Crippen LogP contribution in [-0.2, 0) is 9.53 Å². The summed E-state index contributed by atoms with van der Waals surface area (Å²) in [5, 5.41) is 0. The van der Waals surface area contributed by atoms with Crippen molar-refractivity contribution in [2.24, 2.45) is 5.41 Å². The third kappa shape index (κ3) is 2.59. The fourth-order valence-corrected chi connectivity index (χ4v) is 2.03. The maximum Gasteiger partial charge on any atom is 0.312 e. The largest absolute Gasteiger partial charge is 0.462 e. The Hall–Kier alpha value is -0.320. The third-order valence-corrected chi connectivity index (χ3v) is 3.04. The second-order valence-corrected chi connectivity index (χ2v) is 4.60. The maximum absolute atomic E-state index is 11.6. The minimum Gasteiger partial charge on any atom is -0.462 e. The zero-order valence-corrected chi connectivity index (χ0v) is 10.5. The van der Waals surface area contributed by atoms with Crippen LogP contribution < -0.4 is 0 Å². The van der Waals surface area contributed by atoms with E-state index in [0.29, 0.717) is 6.42 Å². The van der Waals surface area contributed by atoms with E-state index in [-0.39, 0.29) is 17.5 Å². The Bertz CT molecular complexity index is 260. The number of cyclic esters (lactones) is 1. The fraction of sp³-hybridized carbons (Fsp3) is 0.545. The van der Waals surface area contributed by atoms with Gasteiger partial charge in [0.05, 0.1) is 5.41 Å². The van der Waals surface area contributed by atoms with Crippen molar-refractivity contribution in [2.45, 2.75) is 32.3 Å². The monoisotopic (exact) mass is 306 g/mol. The number of hydrogen-bond donors (Lipinski definition) is 0. The number of ether oxygens (including phenoxy) is 1. The summed E-state index contributed by atoms with van der Waals surface area (Å²) in [5.74, 6) is -0.0794. The van der Waals surface area contributed by atoms with Crippen LogP contribution in [-0.4, -0.2) is 12.1 Å². The normalized spacial score (nSPS) is 32.1. The van der Waals surface area contributed by atoms with Crippen LogP contribution >= 0.6 is 22.6 Å². The molecule has 3 heteroatoms. The molecule has 78 valence electrons. The fourth-order valence-electron chi connectivity index (χ4n) is 1.74. The van der Waals surface area contributed by atoms with Gasteiger partial charge in [-0.25, -0.2) is 0 Å². The van der Waals surface area contributed by atoms with Crippen LogP contribution in [0.3, 0.4) is 0 Å². The highest BCUT2D eigenvalue weighted by molar-refractivity contribution is 14.1. The Morgan fingerprint density at radius 3 is 3.07 bits per heavy atom. The highest BCUT2D eigenvalue weighted by atomic mass is 127. The zero-order valence-electron chi connectivity index (χ0n) is 8.33. The van der Waals surface area contributed by atoms with E-state index in [1.165, 1.54) is 0 Å². The molecule has 14 heavy (non-hydrogen) atoms. The first-order valence-corrected chi connectivity index (χ1v) is 5.94. The van der Waals surface area contributed by atoms with Gasteiger partial charge in [-0.1, -0.05) is 34.7 Å². The van der Waals surface area contributed by atoms with Crippen molar-refractivity contribution in [3.8, 4) is 0 Å². The number of halogens is 1. The average molecular weight is 306 g/mol. The molecule has 1 rings (SSSR count).